The van der Waals surface area contributed by atoms with Gasteiger partial charge in [0.05, 0.1) is 6.10 Å². The molecule has 1 aliphatic heterocycles. The minimum atomic E-state index is -0.136. The second-order valence-corrected chi connectivity index (χ2v) is 13.8. The number of hydrogen-bond acceptors (Lipinski definition) is 3. The largest absolute Gasteiger partial charge is 0.462 e. The first-order valence-electron chi connectivity index (χ1n) is 14.6. The lowest BCUT2D eigenvalue weighted by atomic mass is 9.44. The SMILES string of the molecule is CC[C@H](/C=C\[C@@H](C)[C@H]1CC[C@H]2[C@@H]3C[C@H]4O[C@]45C[C@@H](OC(C)=O)CC[C@]5(C)[C@H]3CC[C@]12C)C(C)C. The topological polar surface area (TPSA) is 38.8 Å². The van der Waals surface area contributed by atoms with Gasteiger partial charge in [-0.1, -0.05) is 53.7 Å². The summed E-state index contributed by atoms with van der Waals surface area (Å²) in [6, 6.07) is 0. The summed E-state index contributed by atoms with van der Waals surface area (Å²) in [5.41, 5.74) is 0.721. The van der Waals surface area contributed by atoms with Crippen LogP contribution in [0.4, 0.5) is 0 Å². The van der Waals surface area contributed by atoms with Crippen LogP contribution in [0, 0.1) is 52.3 Å². The van der Waals surface area contributed by atoms with E-state index < -0.39 is 0 Å². The van der Waals surface area contributed by atoms with Gasteiger partial charge in [0.1, 0.15) is 11.7 Å². The third kappa shape index (κ3) is 3.65. The van der Waals surface area contributed by atoms with E-state index >= 15 is 0 Å². The van der Waals surface area contributed by atoms with Gasteiger partial charge in [-0.05, 0) is 98.2 Å². The molecule has 192 valence electrons. The minimum absolute atomic E-state index is 0.0136. The molecular weight excluding hydrogens is 420 g/mol. The fraction of sp³-hybridized carbons (Fsp3) is 0.903. The number of epoxide rings is 1. The van der Waals surface area contributed by atoms with Gasteiger partial charge in [-0.15, -0.1) is 0 Å². The molecule has 1 heterocycles. The Balaban J connectivity index is 1.32. The van der Waals surface area contributed by atoms with Crippen molar-refractivity contribution in [1.29, 1.82) is 0 Å². The number of carbonyl (C=O) groups excluding carboxylic acids is 1. The van der Waals surface area contributed by atoms with Gasteiger partial charge in [0, 0.05) is 18.8 Å². The van der Waals surface area contributed by atoms with Crippen molar-refractivity contribution in [2.24, 2.45) is 52.3 Å². The number of allylic oxidation sites excluding steroid dienone is 2. The predicted octanol–water partition coefficient (Wildman–Crippen LogP) is 7.58. The maximum absolute atomic E-state index is 11.6. The van der Waals surface area contributed by atoms with Crippen molar-refractivity contribution in [3.8, 4) is 0 Å². The van der Waals surface area contributed by atoms with E-state index in [-0.39, 0.29) is 23.1 Å². The van der Waals surface area contributed by atoms with Gasteiger partial charge in [0.2, 0.25) is 0 Å². The van der Waals surface area contributed by atoms with E-state index in [1.54, 1.807) is 6.92 Å². The Labute approximate surface area is 208 Å². The highest BCUT2D eigenvalue weighted by molar-refractivity contribution is 5.66. The van der Waals surface area contributed by atoms with Gasteiger partial charge in [-0.2, -0.15) is 0 Å². The lowest BCUT2D eigenvalue weighted by Crippen LogP contribution is -2.59. The zero-order valence-electron chi connectivity index (χ0n) is 22.9. The monoisotopic (exact) mass is 470 g/mol. The van der Waals surface area contributed by atoms with Gasteiger partial charge in [0.25, 0.3) is 0 Å². The number of carbonyl (C=O) groups is 1. The van der Waals surface area contributed by atoms with Crippen molar-refractivity contribution < 1.29 is 14.3 Å². The first-order valence-corrected chi connectivity index (χ1v) is 14.6. The van der Waals surface area contributed by atoms with E-state index in [9.17, 15) is 4.79 Å². The molecule has 4 saturated carbocycles. The van der Waals surface area contributed by atoms with E-state index in [0.717, 1.165) is 48.9 Å². The molecule has 4 aliphatic carbocycles. The van der Waals surface area contributed by atoms with Gasteiger partial charge < -0.3 is 9.47 Å². The fourth-order valence-electron chi connectivity index (χ4n) is 10.2. The normalized spacial score (nSPS) is 49.1. The Kier molecular flexibility index (Phi) is 6.31. The van der Waals surface area contributed by atoms with Crippen LogP contribution < -0.4 is 0 Å². The molecular formula is C31H50O3. The van der Waals surface area contributed by atoms with Crippen molar-refractivity contribution in [2.75, 3.05) is 0 Å². The van der Waals surface area contributed by atoms with E-state index in [0.29, 0.717) is 23.4 Å². The lowest BCUT2D eigenvalue weighted by molar-refractivity contribution is -0.157. The average molecular weight is 471 g/mol. The van der Waals surface area contributed by atoms with Crippen molar-refractivity contribution in [2.45, 2.75) is 124 Å². The number of rotatable bonds is 6. The highest BCUT2D eigenvalue weighted by Gasteiger charge is 2.76. The zero-order valence-corrected chi connectivity index (χ0v) is 22.9. The van der Waals surface area contributed by atoms with Crippen molar-refractivity contribution in [3.05, 3.63) is 12.2 Å². The van der Waals surface area contributed by atoms with E-state index in [1.165, 1.54) is 38.5 Å². The molecule has 3 nitrogen and oxygen atoms in total. The van der Waals surface area contributed by atoms with Crippen LogP contribution in [0.3, 0.4) is 0 Å². The van der Waals surface area contributed by atoms with Gasteiger partial charge in [-0.3, -0.25) is 4.79 Å². The number of hydrogen-bond donors (Lipinski definition) is 0. The molecule has 0 radical (unpaired) electrons. The molecule has 0 aromatic heterocycles. The summed E-state index contributed by atoms with van der Waals surface area (Å²) in [4.78, 5) is 11.6. The first-order chi connectivity index (χ1) is 16.1. The van der Waals surface area contributed by atoms with E-state index in [1.807, 2.05) is 0 Å². The highest BCUT2D eigenvalue weighted by Crippen LogP contribution is 2.74. The quantitative estimate of drug-likeness (QED) is 0.228. The molecule has 5 rings (SSSR count). The molecule has 0 unspecified atom stereocenters. The molecule has 0 amide bonds. The first kappa shape index (κ1) is 24.8. The van der Waals surface area contributed by atoms with E-state index in [2.05, 4.69) is 53.7 Å². The number of esters is 1. The minimum Gasteiger partial charge on any atom is -0.462 e. The highest BCUT2D eigenvalue weighted by atomic mass is 16.6. The number of fused-ring (bicyclic) bond motifs is 4. The Bertz CT molecular complexity index is 817. The standard InChI is InChI=1S/C31H50O3/c1-8-22(19(2)3)10-9-20(4)25-11-12-26-24-17-28-31(34-28)18-23(33-21(5)32)13-16-30(31,7)27(24)14-15-29(25,26)6/h9-10,19-20,22-28H,8,11-18H2,1-7H3/b10-9-/t20-,22-,23+,24+,25-,26+,27+,28-,29-,30-,31-/m1/s1. The van der Waals surface area contributed by atoms with Gasteiger partial charge in [-0.25, -0.2) is 0 Å². The molecule has 1 spiro atoms. The van der Waals surface area contributed by atoms with Crippen LogP contribution in [0.5, 0.6) is 0 Å². The molecule has 0 aromatic rings. The second-order valence-electron chi connectivity index (χ2n) is 13.8. The van der Waals surface area contributed by atoms with Crippen LogP contribution in [-0.2, 0) is 14.3 Å². The molecule has 0 aromatic carbocycles. The molecule has 1 saturated heterocycles. The van der Waals surface area contributed by atoms with Crippen LogP contribution in [0.25, 0.3) is 0 Å². The summed E-state index contributed by atoms with van der Waals surface area (Å²) in [5.74, 6) is 5.24. The lowest BCUT2D eigenvalue weighted by Gasteiger charge is -2.59. The average Bonchev–Trinajstić information content (AvgIpc) is 3.34. The third-order valence-corrected chi connectivity index (χ3v) is 12.1. The number of ether oxygens (including phenoxy) is 2. The van der Waals surface area contributed by atoms with Crippen LogP contribution >= 0.6 is 0 Å². The van der Waals surface area contributed by atoms with Crippen molar-refractivity contribution in [1.82, 2.24) is 0 Å². The Hall–Kier alpha value is -0.830. The Morgan fingerprint density at radius 2 is 1.82 bits per heavy atom. The maximum atomic E-state index is 11.6. The Morgan fingerprint density at radius 1 is 1.06 bits per heavy atom. The summed E-state index contributed by atoms with van der Waals surface area (Å²) >= 11 is 0. The van der Waals surface area contributed by atoms with Crippen molar-refractivity contribution in [3.63, 3.8) is 0 Å². The predicted molar refractivity (Wildman–Crippen MR) is 137 cm³/mol. The molecule has 0 N–H and O–H groups in total. The molecule has 11 atom stereocenters. The smallest absolute Gasteiger partial charge is 0.302 e. The van der Waals surface area contributed by atoms with Gasteiger partial charge >= 0.3 is 5.97 Å². The summed E-state index contributed by atoms with van der Waals surface area (Å²) in [5, 5.41) is 0. The van der Waals surface area contributed by atoms with Crippen molar-refractivity contribution >= 4 is 5.97 Å². The summed E-state index contributed by atoms with van der Waals surface area (Å²) in [6.45, 7) is 16.3. The van der Waals surface area contributed by atoms with Crippen LogP contribution in [0.1, 0.15) is 106 Å². The summed E-state index contributed by atoms with van der Waals surface area (Å²) < 4.78 is 12.3. The maximum Gasteiger partial charge on any atom is 0.302 e. The third-order valence-electron chi connectivity index (χ3n) is 12.1. The molecule has 3 heteroatoms. The molecule has 5 aliphatic rings. The van der Waals surface area contributed by atoms with Crippen LogP contribution in [0.15, 0.2) is 12.2 Å². The van der Waals surface area contributed by atoms with Gasteiger partial charge in [0.15, 0.2) is 0 Å². The zero-order chi connectivity index (χ0) is 24.5. The Morgan fingerprint density at radius 3 is 2.50 bits per heavy atom. The molecule has 34 heavy (non-hydrogen) atoms. The van der Waals surface area contributed by atoms with E-state index in [4.69, 9.17) is 9.47 Å². The molecule has 0 bridgehead atoms. The van der Waals surface area contributed by atoms with Crippen LogP contribution in [0.2, 0.25) is 0 Å². The molecule has 5 fully saturated rings. The van der Waals surface area contributed by atoms with Crippen LogP contribution in [-0.4, -0.2) is 23.8 Å². The summed E-state index contributed by atoms with van der Waals surface area (Å²) in [6.07, 6.45) is 16.7. The second kappa shape index (κ2) is 8.63. The fourth-order valence-corrected chi connectivity index (χ4v) is 10.2. The summed E-state index contributed by atoms with van der Waals surface area (Å²) in [7, 11) is 0.